The summed E-state index contributed by atoms with van der Waals surface area (Å²) in [5, 5.41) is 11.2. The topological polar surface area (TPSA) is 20.2 Å². The van der Waals surface area contributed by atoms with Crippen LogP contribution in [0.3, 0.4) is 0 Å². The summed E-state index contributed by atoms with van der Waals surface area (Å²) in [6.07, 6.45) is 0.789. The molecule has 19 heavy (non-hydrogen) atoms. The van der Waals surface area contributed by atoms with Gasteiger partial charge in [-0.05, 0) is 70.8 Å². The highest BCUT2D eigenvalue weighted by atomic mass is 127. The van der Waals surface area contributed by atoms with Gasteiger partial charge >= 0.3 is 0 Å². The van der Waals surface area contributed by atoms with E-state index >= 15 is 0 Å². The lowest BCUT2D eigenvalue weighted by Gasteiger charge is -2.11. The van der Waals surface area contributed by atoms with Gasteiger partial charge in [-0.25, -0.2) is 0 Å². The first-order valence-corrected chi connectivity index (χ1v) is 7.74. The molecule has 2 aromatic rings. The van der Waals surface area contributed by atoms with Gasteiger partial charge < -0.3 is 5.11 Å². The lowest BCUT2D eigenvalue weighted by atomic mass is 10.0. The maximum absolute atomic E-state index is 10.1. The Labute approximate surface area is 136 Å². The summed E-state index contributed by atoms with van der Waals surface area (Å²) in [6.45, 7) is 0. The average Bonchev–Trinajstić information content (AvgIpc) is 2.37. The molecular formula is C15H13Cl2IO. The van der Waals surface area contributed by atoms with Crippen molar-refractivity contribution in [3.05, 3.63) is 67.2 Å². The molecule has 0 saturated heterocycles. The van der Waals surface area contributed by atoms with E-state index in [0.717, 1.165) is 11.1 Å². The number of aliphatic hydroxyl groups is 1. The molecule has 0 aliphatic heterocycles. The highest BCUT2D eigenvalue weighted by molar-refractivity contribution is 14.1. The Morgan fingerprint density at radius 1 is 0.895 bits per heavy atom. The molecule has 1 nitrogen and oxygen atoms in total. The van der Waals surface area contributed by atoms with E-state index < -0.39 is 6.10 Å². The highest BCUT2D eigenvalue weighted by Gasteiger charge is 2.08. The van der Waals surface area contributed by atoms with Crippen LogP contribution in [0.1, 0.15) is 11.1 Å². The van der Waals surface area contributed by atoms with Crippen LogP contribution in [0.15, 0.2) is 42.5 Å². The van der Waals surface area contributed by atoms with E-state index in [-0.39, 0.29) is 0 Å². The van der Waals surface area contributed by atoms with E-state index in [1.54, 1.807) is 12.1 Å². The molecule has 0 saturated carbocycles. The van der Waals surface area contributed by atoms with Gasteiger partial charge in [0.05, 0.1) is 16.1 Å². The van der Waals surface area contributed by atoms with Crippen molar-refractivity contribution < 1.29 is 5.11 Å². The molecular weight excluding hydrogens is 394 g/mol. The zero-order valence-electron chi connectivity index (χ0n) is 10.1. The quantitative estimate of drug-likeness (QED) is 0.726. The lowest BCUT2D eigenvalue weighted by Crippen LogP contribution is -2.13. The summed E-state index contributed by atoms with van der Waals surface area (Å²) in [6, 6.07) is 13.6. The first-order valence-electron chi connectivity index (χ1n) is 5.91. The van der Waals surface area contributed by atoms with E-state index in [2.05, 4.69) is 22.6 Å². The third kappa shape index (κ3) is 4.63. The van der Waals surface area contributed by atoms with E-state index in [1.807, 2.05) is 30.3 Å². The number of hydrogen-bond acceptors (Lipinski definition) is 1. The molecule has 0 fully saturated rings. The Balaban J connectivity index is 1.98. The van der Waals surface area contributed by atoms with Gasteiger partial charge in [0.15, 0.2) is 0 Å². The predicted octanol–water partition coefficient (Wildman–Crippen LogP) is 4.74. The molecule has 1 unspecified atom stereocenters. The van der Waals surface area contributed by atoms with Gasteiger partial charge in [-0.3, -0.25) is 0 Å². The maximum atomic E-state index is 10.1. The van der Waals surface area contributed by atoms with Crippen molar-refractivity contribution in [1.29, 1.82) is 0 Å². The second-order valence-electron chi connectivity index (χ2n) is 4.44. The fourth-order valence-electron chi connectivity index (χ4n) is 1.90. The van der Waals surface area contributed by atoms with Crippen molar-refractivity contribution in [1.82, 2.24) is 0 Å². The number of hydrogen-bond donors (Lipinski definition) is 1. The van der Waals surface area contributed by atoms with E-state index in [0.29, 0.717) is 22.9 Å². The Morgan fingerprint density at radius 3 is 2.11 bits per heavy atom. The molecule has 0 heterocycles. The molecule has 0 aliphatic carbocycles. The van der Waals surface area contributed by atoms with Crippen LogP contribution in [0.2, 0.25) is 10.0 Å². The fraction of sp³-hybridized carbons (Fsp3) is 0.200. The summed E-state index contributed by atoms with van der Waals surface area (Å²) in [5.41, 5.74) is 2.13. The third-order valence-corrected chi connectivity index (χ3v) is 4.30. The first-order chi connectivity index (χ1) is 9.04. The van der Waals surface area contributed by atoms with E-state index in [4.69, 9.17) is 23.2 Å². The van der Waals surface area contributed by atoms with Gasteiger partial charge in [0, 0.05) is 3.57 Å². The van der Waals surface area contributed by atoms with Gasteiger partial charge in [-0.15, -0.1) is 0 Å². The van der Waals surface area contributed by atoms with Crippen LogP contribution >= 0.6 is 45.8 Å². The molecule has 2 rings (SSSR count). The number of halogens is 3. The number of benzene rings is 2. The summed E-state index contributed by atoms with van der Waals surface area (Å²) in [7, 11) is 0. The van der Waals surface area contributed by atoms with Crippen LogP contribution in [0, 0.1) is 3.57 Å². The molecule has 2 aromatic carbocycles. The van der Waals surface area contributed by atoms with Crippen LogP contribution in [-0.4, -0.2) is 11.2 Å². The largest absolute Gasteiger partial charge is 0.392 e. The predicted molar refractivity (Wildman–Crippen MR) is 89.0 cm³/mol. The lowest BCUT2D eigenvalue weighted by molar-refractivity contribution is 0.175. The van der Waals surface area contributed by atoms with Crippen LogP contribution in [0.25, 0.3) is 0 Å². The monoisotopic (exact) mass is 406 g/mol. The summed E-state index contributed by atoms with van der Waals surface area (Å²) < 4.78 is 1.19. The Morgan fingerprint density at radius 2 is 1.47 bits per heavy atom. The zero-order valence-corrected chi connectivity index (χ0v) is 13.8. The molecule has 0 radical (unpaired) electrons. The molecule has 0 aromatic heterocycles. The molecule has 0 bridgehead atoms. The van der Waals surface area contributed by atoms with E-state index in [9.17, 15) is 5.11 Å². The summed E-state index contributed by atoms with van der Waals surface area (Å²) >= 11 is 14.1. The van der Waals surface area contributed by atoms with Crippen molar-refractivity contribution in [3.8, 4) is 0 Å². The molecule has 100 valence electrons. The molecule has 0 aliphatic rings. The van der Waals surface area contributed by atoms with Gasteiger partial charge in [0.2, 0.25) is 0 Å². The second kappa shape index (κ2) is 6.93. The van der Waals surface area contributed by atoms with Crippen LogP contribution in [0.5, 0.6) is 0 Å². The number of aliphatic hydroxyl groups excluding tert-OH is 1. The van der Waals surface area contributed by atoms with Crippen molar-refractivity contribution >= 4 is 45.8 Å². The number of rotatable bonds is 4. The first kappa shape index (κ1) is 15.1. The normalized spacial score (nSPS) is 12.4. The van der Waals surface area contributed by atoms with Crippen molar-refractivity contribution in [2.24, 2.45) is 0 Å². The average molecular weight is 407 g/mol. The third-order valence-electron chi connectivity index (χ3n) is 2.84. The van der Waals surface area contributed by atoms with Crippen LogP contribution < -0.4 is 0 Å². The smallest absolute Gasteiger partial charge is 0.0620 e. The van der Waals surface area contributed by atoms with Crippen molar-refractivity contribution in [2.75, 3.05) is 0 Å². The highest BCUT2D eigenvalue weighted by Crippen LogP contribution is 2.23. The Bertz CT molecular complexity index is 555. The minimum Gasteiger partial charge on any atom is -0.392 e. The zero-order chi connectivity index (χ0) is 13.8. The minimum absolute atomic E-state index is 0.419. The molecule has 1 atom stereocenters. The van der Waals surface area contributed by atoms with Gasteiger partial charge in [0.25, 0.3) is 0 Å². The Hall–Kier alpha value is -0.290. The van der Waals surface area contributed by atoms with E-state index in [1.165, 1.54) is 3.57 Å². The van der Waals surface area contributed by atoms with Gasteiger partial charge in [-0.1, -0.05) is 41.4 Å². The summed E-state index contributed by atoms with van der Waals surface area (Å²) in [5.74, 6) is 0. The molecule has 0 amide bonds. The van der Waals surface area contributed by atoms with Gasteiger partial charge in [-0.2, -0.15) is 0 Å². The fourth-order valence-corrected chi connectivity index (χ4v) is 2.58. The van der Waals surface area contributed by atoms with Crippen molar-refractivity contribution in [3.63, 3.8) is 0 Å². The minimum atomic E-state index is -0.419. The van der Waals surface area contributed by atoms with Crippen LogP contribution in [-0.2, 0) is 12.8 Å². The summed E-state index contributed by atoms with van der Waals surface area (Å²) in [4.78, 5) is 0. The standard InChI is InChI=1S/C15H13Cl2IO/c16-14-6-3-11(9-15(14)17)8-13(19)7-10-1-4-12(18)5-2-10/h1-6,9,13,19H,7-8H2. The molecule has 4 heteroatoms. The molecule has 1 N–H and O–H groups in total. The molecule has 0 spiro atoms. The van der Waals surface area contributed by atoms with Gasteiger partial charge in [0.1, 0.15) is 0 Å². The Kier molecular flexibility index (Phi) is 5.51. The van der Waals surface area contributed by atoms with Crippen molar-refractivity contribution in [2.45, 2.75) is 18.9 Å². The van der Waals surface area contributed by atoms with Crippen LogP contribution in [0.4, 0.5) is 0 Å². The maximum Gasteiger partial charge on any atom is 0.0620 e. The SMILES string of the molecule is OC(Cc1ccc(I)cc1)Cc1ccc(Cl)c(Cl)c1. The second-order valence-corrected chi connectivity index (χ2v) is 6.50.